The smallest absolute Gasteiger partial charge is 0.254 e. The molecular weight excluding hydrogens is 422 g/mol. The van der Waals surface area contributed by atoms with Gasteiger partial charge in [-0.2, -0.15) is 0 Å². The second kappa shape index (κ2) is 9.21. The molecule has 10 heteroatoms. The summed E-state index contributed by atoms with van der Waals surface area (Å²) in [5.74, 6) is -0.167. The fraction of sp³-hybridized carbons (Fsp3) is 0.261. The van der Waals surface area contributed by atoms with Crippen molar-refractivity contribution in [1.29, 1.82) is 5.41 Å². The number of fused-ring (bicyclic) bond motifs is 1. The van der Waals surface area contributed by atoms with Crippen LogP contribution in [0.5, 0.6) is 0 Å². The summed E-state index contributed by atoms with van der Waals surface area (Å²) in [6.07, 6.45) is 1.41. The number of nitrogens with zero attached hydrogens (tertiary/aromatic N) is 4. The second-order valence-corrected chi connectivity index (χ2v) is 7.81. The molecule has 3 aromatic rings. The Balaban J connectivity index is 1.45. The molecule has 1 aliphatic rings. The largest absolute Gasteiger partial charge is 0.384 e. The van der Waals surface area contributed by atoms with E-state index in [4.69, 9.17) is 21.6 Å². The zero-order chi connectivity index (χ0) is 23.5. The standard InChI is InChI=1S/C23H25N7O3/c1-33-20(10-14-5-6-17-18(9-14)27-13-28-22(17)26)30-8-7-29(12-19(30)31)23(32)16-4-2-3-15(11-16)21(24)25/h2-6,9,11,13,20H,7-8,10,12H2,1H3,(H3,24,25)(H2,26,27,28). The number of carbonyl (C=O) groups is 2. The van der Waals surface area contributed by atoms with Crippen molar-refractivity contribution >= 4 is 34.4 Å². The summed E-state index contributed by atoms with van der Waals surface area (Å²) in [6, 6.07) is 12.2. The first-order valence-electron chi connectivity index (χ1n) is 10.4. The van der Waals surface area contributed by atoms with Crippen LogP contribution < -0.4 is 11.5 Å². The summed E-state index contributed by atoms with van der Waals surface area (Å²) in [5, 5.41) is 8.33. The van der Waals surface area contributed by atoms with E-state index in [2.05, 4.69) is 9.97 Å². The predicted molar refractivity (Wildman–Crippen MR) is 124 cm³/mol. The normalized spacial score (nSPS) is 15.0. The number of anilines is 1. The summed E-state index contributed by atoms with van der Waals surface area (Å²) < 4.78 is 5.63. The van der Waals surface area contributed by atoms with E-state index in [9.17, 15) is 9.59 Å². The van der Waals surface area contributed by atoms with Gasteiger partial charge in [0.1, 0.15) is 30.8 Å². The summed E-state index contributed by atoms with van der Waals surface area (Å²) in [4.78, 5) is 37.2. The number of carbonyl (C=O) groups excluding carboxylic acids is 2. The molecule has 1 fully saturated rings. The number of hydrogen-bond acceptors (Lipinski definition) is 7. The summed E-state index contributed by atoms with van der Waals surface area (Å²) in [7, 11) is 1.56. The van der Waals surface area contributed by atoms with Gasteiger partial charge < -0.3 is 26.0 Å². The van der Waals surface area contributed by atoms with E-state index in [0.717, 1.165) is 16.5 Å². The molecule has 2 aromatic carbocycles. The van der Waals surface area contributed by atoms with E-state index >= 15 is 0 Å². The van der Waals surface area contributed by atoms with Crippen molar-refractivity contribution in [3.05, 3.63) is 65.5 Å². The lowest BCUT2D eigenvalue weighted by molar-refractivity contribution is -0.148. The van der Waals surface area contributed by atoms with E-state index in [0.29, 0.717) is 36.5 Å². The van der Waals surface area contributed by atoms with E-state index in [1.807, 2.05) is 18.2 Å². The van der Waals surface area contributed by atoms with Crippen LogP contribution in [0.15, 0.2) is 48.8 Å². The monoisotopic (exact) mass is 447 g/mol. The quantitative estimate of drug-likeness (QED) is 0.376. The Bertz CT molecular complexity index is 1230. The van der Waals surface area contributed by atoms with Crippen LogP contribution in [-0.2, 0) is 16.0 Å². The highest BCUT2D eigenvalue weighted by Crippen LogP contribution is 2.21. The lowest BCUT2D eigenvalue weighted by Gasteiger charge is -2.38. The Morgan fingerprint density at radius 1 is 1.18 bits per heavy atom. The zero-order valence-electron chi connectivity index (χ0n) is 18.2. The number of aromatic nitrogens is 2. The van der Waals surface area contributed by atoms with Crippen molar-refractivity contribution in [3.8, 4) is 0 Å². The van der Waals surface area contributed by atoms with Crippen molar-refractivity contribution in [2.45, 2.75) is 12.6 Å². The molecule has 33 heavy (non-hydrogen) atoms. The molecule has 5 N–H and O–H groups in total. The maximum absolute atomic E-state index is 12.9. The fourth-order valence-electron chi connectivity index (χ4n) is 3.94. The van der Waals surface area contributed by atoms with E-state index in [-0.39, 0.29) is 24.2 Å². The highest BCUT2D eigenvalue weighted by atomic mass is 16.5. The molecule has 0 spiro atoms. The van der Waals surface area contributed by atoms with Gasteiger partial charge in [-0.1, -0.05) is 18.2 Å². The molecule has 0 aliphatic carbocycles. The van der Waals surface area contributed by atoms with Crippen LogP contribution in [0.1, 0.15) is 21.5 Å². The molecule has 170 valence electrons. The molecule has 1 aromatic heterocycles. The number of ether oxygens (including phenoxy) is 1. The van der Waals surface area contributed by atoms with E-state index in [1.54, 1.807) is 36.3 Å². The first kappa shape index (κ1) is 22.2. The van der Waals surface area contributed by atoms with Gasteiger partial charge in [-0.3, -0.25) is 15.0 Å². The summed E-state index contributed by atoms with van der Waals surface area (Å²) in [5.41, 5.74) is 13.9. The van der Waals surface area contributed by atoms with E-state index in [1.165, 1.54) is 11.2 Å². The Labute approximate surface area is 190 Å². The lowest BCUT2D eigenvalue weighted by atomic mass is 10.1. The van der Waals surface area contributed by atoms with Crippen LogP contribution in [0.4, 0.5) is 5.82 Å². The number of piperazine rings is 1. The third-order valence-electron chi connectivity index (χ3n) is 5.73. The predicted octanol–water partition coefficient (Wildman–Crippen LogP) is 0.996. The van der Waals surface area contributed by atoms with Gasteiger partial charge >= 0.3 is 0 Å². The third-order valence-corrected chi connectivity index (χ3v) is 5.73. The molecule has 1 aliphatic heterocycles. The number of amides is 2. The Morgan fingerprint density at radius 2 is 1.97 bits per heavy atom. The van der Waals surface area contributed by atoms with Crippen molar-refractivity contribution < 1.29 is 14.3 Å². The number of rotatable bonds is 6. The molecule has 2 heterocycles. The van der Waals surface area contributed by atoms with Crippen molar-refractivity contribution in [2.24, 2.45) is 5.73 Å². The molecule has 1 saturated heterocycles. The van der Waals surface area contributed by atoms with Crippen LogP contribution in [0.3, 0.4) is 0 Å². The minimum atomic E-state index is -0.479. The second-order valence-electron chi connectivity index (χ2n) is 7.81. The number of nitrogens with one attached hydrogen (secondary N) is 1. The molecule has 2 amide bonds. The van der Waals surface area contributed by atoms with Crippen molar-refractivity contribution in [2.75, 3.05) is 32.5 Å². The Morgan fingerprint density at radius 3 is 2.70 bits per heavy atom. The highest BCUT2D eigenvalue weighted by molar-refractivity contribution is 6.01. The number of nitrogen functional groups attached to an aromatic ring is 2. The van der Waals surface area contributed by atoms with Crippen LogP contribution in [0.2, 0.25) is 0 Å². The number of hydrogen-bond donors (Lipinski definition) is 3. The fourth-order valence-corrected chi connectivity index (χ4v) is 3.94. The lowest BCUT2D eigenvalue weighted by Crippen LogP contribution is -2.56. The third kappa shape index (κ3) is 4.60. The Kier molecular flexibility index (Phi) is 6.18. The Hall–Kier alpha value is -4.05. The summed E-state index contributed by atoms with van der Waals surface area (Å²) in [6.45, 7) is 0.666. The number of nitrogens with two attached hydrogens (primary N) is 2. The van der Waals surface area contributed by atoms with Crippen LogP contribution in [0, 0.1) is 5.41 Å². The minimum absolute atomic E-state index is 0.0511. The van der Waals surface area contributed by atoms with Crippen LogP contribution in [0.25, 0.3) is 10.9 Å². The van der Waals surface area contributed by atoms with Crippen molar-refractivity contribution in [1.82, 2.24) is 19.8 Å². The SMILES string of the molecule is COC(Cc1ccc2c(N)ncnc2c1)N1CCN(C(=O)c2cccc(C(=N)N)c2)CC1=O. The first-order valence-corrected chi connectivity index (χ1v) is 10.4. The van der Waals surface area contributed by atoms with E-state index < -0.39 is 6.23 Å². The molecule has 4 rings (SSSR count). The molecule has 0 bridgehead atoms. The van der Waals surface area contributed by atoms with Gasteiger partial charge in [-0.15, -0.1) is 0 Å². The first-order chi connectivity index (χ1) is 15.9. The average Bonchev–Trinajstić information content (AvgIpc) is 2.82. The molecule has 1 atom stereocenters. The molecule has 1 unspecified atom stereocenters. The van der Waals surface area contributed by atoms with Gasteiger partial charge in [0.15, 0.2) is 0 Å². The van der Waals surface area contributed by atoms with Gasteiger partial charge in [-0.25, -0.2) is 9.97 Å². The van der Waals surface area contributed by atoms with Gasteiger partial charge in [0.25, 0.3) is 5.91 Å². The molecule has 0 radical (unpaired) electrons. The van der Waals surface area contributed by atoms with Crippen molar-refractivity contribution in [3.63, 3.8) is 0 Å². The van der Waals surface area contributed by atoms with Gasteiger partial charge in [0, 0.05) is 43.1 Å². The van der Waals surface area contributed by atoms with Gasteiger partial charge in [0.2, 0.25) is 5.91 Å². The summed E-state index contributed by atoms with van der Waals surface area (Å²) >= 11 is 0. The average molecular weight is 447 g/mol. The zero-order valence-corrected chi connectivity index (χ0v) is 18.2. The van der Waals surface area contributed by atoms with Crippen LogP contribution >= 0.6 is 0 Å². The number of amidine groups is 1. The number of methoxy groups -OCH3 is 1. The molecular formula is C23H25N7O3. The topological polar surface area (TPSA) is 152 Å². The van der Waals surface area contributed by atoms with Crippen LogP contribution in [-0.4, -0.2) is 70.4 Å². The maximum atomic E-state index is 12.9. The molecule has 10 nitrogen and oxygen atoms in total. The van der Waals surface area contributed by atoms with Gasteiger partial charge in [-0.05, 0) is 29.8 Å². The maximum Gasteiger partial charge on any atom is 0.254 e. The number of benzene rings is 2. The molecule has 0 saturated carbocycles. The van der Waals surface area contributed by atoms with Gasteiger partial charge in [0.05, 0.1) is 5.52 Å². The highest BCUT2D eigenvalue weighted by Gasteiger charge is 2.32. The minimum Gasteiger partial charge on any atom is -0.384 e.